The van der Waals surface area contributed by atoms with E-state index in [2.05, 4.69) is 58.3 Å². The molecule has 0 spiro atoms. The Kier molecular flexibility index (Phi) is 4.93. The van der Waals surface area contributed by atoms with Crippen molar-refractivity contribution in [2.45, 2.75) is 26.0 Å². The van der Waals surface area contributed by atoms with Gasteiger partial charge in [-0.3, -0.25) is 0 Å². The van der Waals surface area contributed by atoms with Crippen molar-refractivity contribution >= 4 is 5.57 Å². The topological polar surface area (TPSA) is 59.2 Å². The molecule has 2 aliphatic rings. The van der Waals surface area contributed by atoms with E-state index in [1.54, 1.807) is 7.11 Å². The van der Waals surface area contributed by atoms with E-state index in [-0.39, 0.29) is 6.04 Å². The number of nitrogens with one attached hydrogen (secondary N) is 2. The van der Waals surface area contributed by atoms with Gasteiger partial charge in [-0.05, 0) is 53.6 Å². The van der Waals surface area contributed by atoms with E-state index in [1.165, 1.54) is 11.1 Å². The van der Waals surface area contributed by atoms with E-state index in [0.29, 0.717) is 12.5 Å². The van der Waals surface area contributed by atoms with Crippen LogP contribution >= 0.6 is 0 Å². The van der Waals surface area contributed by atoms with Crippen LogP contribution in [-0.2, 0) is 11.3 Å². The number of imidazole rings is 1. The quantitative estimate of drug-likeness (QED) is 0.634. The summed E-state index contributed by atoms with van der Waals surface area (Å²) in [5, 5.41) is 3.55. The van der Waals surface area contributed by atoms with Gasteiger partial charge < -0.3 is 19.8 Å². The third kappa shape index (κ3) is 3.44. The van der Waals surface area contributed by atoms with Gasteiger partial charge in [0.05, 0.1) is 24.5 Å². The molecule has 1 saturated heterocycles. The SMILES string of the molecule is C=C(C)c1ccc2c(c1)OCc1cc(-c3cnc(C4CC(COC)CN4)[nH]3)ccc1-2. The maximum absolute atomic E-state index is 6.06. The zero-order chi connectivity index (χ0) is 20.7. The van der Waals surface area contributed by atoms with Gasteiger partial charge in [-0.25, -0.2) is 4.98 Å². The molecule has 3 aromatic rings. The second-order valence-corrected chi connectivity index (χ2v) is 8.35. The van der Waals surface area contributed by atoms with Gasteiger partial charge >= 0.3 is 0 Å². The van der Waals surface area contributed by atoms with Crippen LogP contribution in [0.4, 0.5) is 0 Å². The summed E-state index contributed by atoms with van der Waals surface area (Å²) in [6.07, 6.45) is 2.97. The van der Waals surface area contributed by atoms with Crippen molar-refractivity contribution in [3.63, 3.8) is 0 Å². The maximum Gasteiger partial charge on any atom is 0.128 e. The van der Waals surface area contributed by atoms with Gasteiger partial charge in [0.2, 0.25) is 0 Å². The molecule has 2 atom stereocenters. The molecule has 0 saturated carbocycles. The second-order valence-electron chi connectivity index (χ2n) is 8.35. The molecule has 154 valence electrons. The van der Waals surface area contributed by atoms with Gasteiger partial charge in [-0.1, -0.05) is 36.4 Å². The van der Waals surface area contributed by atoms with Crippen LogP contribution in [0.1, 0.15) is 36.3 Å². The third-order valence-corrected chi connectivity index (χ3v) is 6.11. The monoisotopic (exact) mass is 401 g/mol. The lowest BCUT2D eigenvalue weighted by Crippen LogP contribution is -2.15. The van der Waals surface area contributed by atoms with Crippen LogP contribution < -0.4 is 10.1 Å². The molecule has 0 aliphatic carbocycles. The fourth-order valence-corrected chi connectivity index (χ4v) is 4.47. The van der Waals surface area contributed by atoms with Crippen LogP contribution in [0.2, 0.25) is 0 Å². The number of ether oxygens (including phenoxy) is 2. The van der Waals surface area contributed by atoms with Gasteiger partial charge in [0, 0.05) is 19.2 Å². The van der Waals surface area contributed by atoms with Gasteiger partial charge in [0.25, 0.3) is 0 Å². The Morgan fingerprint density at radius 2 is 2.10 bits per heavy atom. The molecule has 2 aliphatic heterocycles. The summed E-state index contributed by atoms with van der Waals surface area (Å²) in [4.78, 5) is 8.16. The Balaban J connectivity index is 1.40. The highest BCUT2D eigenvalue weighted by molar-refractivity contribution is 5.80. The molecule has 0 amide bonds. The minimum atomic E-state index is 0.259. The minimum absolute atomic E-state index is 0.259. The first-order valence-corrected chi connectivity index (χ1v) is 10.5. The molecule has 2 unspecified atom stereocenters. The summed E-state index contributed by atoms with van der Waals surface area (Å²) in [6.45, 7) is 8.38. The number of hydrogen-bond donors (Lipinski definition) is 2. The van der Waals surface area contributed by atoms with Crippen molar-refractivity contribution in [2.24, 2.45) is 5.92 Å². The number of aromatic amines is 1. The molecular formula is C25H27N3O2. The third-order valence-electron chi connectivity index (χ3n) is 6.11. The average molecular weight is 402 g/mol. The van der Waals surface area contributed by atoms with Crippen LogP contribution in [0.3, 0.4) is 0 Å². The van der Waals surface area contributed by atoms with Crippen molar-refractivity contribution in [3.8, 4) is 28.1 Å². The standard InChI is InChI=1S/C25H27N3O2/c1-15(2)17-4-7-21-20-6-5-18(9-19(20)14-30-24(21)10-17)23-12-27-25(28-23)22-8-16(11-26-22)13-29-3/h4-7,9-10,12,16,22,26H,1,8,11,13-14H2,2-3H3,(H,27,28). The Labute approximate surface area is 177 Å². The van der Waals surface area contributed by atoms with Crippen LogP contribution in [0.5, 0.6) is 5.75 Å². The lowest BCUT2D eigenvalue weighted by molar-refractivity contribution is 0.159. The summed E-state index contributed by atoms with van der Waals surface area (Å²) < 4.78 is 11.4. The number of benzene rings is 2. The molecule has 0 radical (unpaired) electrons. The first-order chi connectivity index (χ1) is 14.6. The Morgan fingerprint density at radius 1 is 1.23 bits per heavy atom. The Morgan fingerprint density at radius 3 is 2.93 bits per heavy atom. The molecule has 30 heavy (non-hydrogen) atoms. The zero-order valence-electron chi connectivity index (χ0n) is 17.5. The lowest BCUT2D eigenvalue weighted by atomic mass is 9.93. The van der Waals surface area contributed by atoms with Crippen LogP contribution in [0.25, 0.3) is 28.0 Å². The van der Waals surface area contributed by atoms with E-state index < -0.39 is 0 Å². The fourth-order valence-electron chi connectivity index (χ4n) is 4.47. The molecule has 5 nitrogen and oxygen atoms in total. The summed E-state index contributed by atoms with van der Waals surface area (Å²) in [5.41, 5.74) is 7.89. The van der Waals surface area contributed by atoms with Gasteiger partial charge in [-0.2, -0.15) is 0 Å². The number of fused-ring (bicyclic) bond motifs is 3. The number of hydrogen-bond acceptors (Lipinski definition) is 4. The summed E-state index contributed by atoms with van der Waals surface area (Å²) in [7, 11) is 1.76. The highest BCUT2D eigenvalue weighted by Gasteiger charge is 2.27. The summed E-state index contributed by atoms with van der Waals surface area (Å²) in [6, 6.07) is 13.1. The molecule has 5 heteroatoms. The highest BCUT2D eigenvalue weighted by Crippen LogP contribution is 2.40. The summed E-state index contributed by atoms with van der Waals surface area (Å²) >= 11 is 0. The number of allylic oxidation sites excluding steroid dienone is 1. The van der Waals surface area contributed by atoms with Crippen molar-refractivity contribution in [2.75, 3.05) is 20.3 Å². The van der Waals surface area contributed by atoms with Crippen molar-refractivity contribution in [1.82, 2.24) is 15.3 Å². The molecule has 1 fully saturated rings. The molecule has 2 aromatic carbocycles. The lowest BCUT2D eigenvalue weighted by Gasteiger charge is -2.22. The van der Waals surface area contributed by atoms with Crippen molar-refractivity contribution < 1.29 is 9.47 Å². The Hall–Kier alpha value is -2.89. The number of H-pyrrole nitrogens is 1. The molecule has 3 heterocycles. The van der Waals surface area contributed by atoms with Gasteiger partial charge in [0.15, 0.2) is 0 Å². The van der Waals surface area contributed by atoms with E-state index in [9.17, 15) is 0 Å². The predicted octanol–water partition coefficient (Wildman–Crippen LogP) is 4.97. The van der Waals surface area contributed by atoms with E-state index in [1.807, 2.05) is 13.1 Å². The molecule has 5 rings (SSSR count). The van der Waals surface area contributed by atoms with Gasteiger partial charge in [0.1, 0.15) is 18.2 Å². The van der Waals surface area contributed by atoms with E-state index >= 15 is 0 Å². The van der Waals surface area contributed by atoms with Gasteiger partial charge in [-0.15, -0.1) is 0 Å². The predicted molar refractivity (Wildman–Crippen MR) is 119 cm³/mol. The number of rotatable bonds is 5. The normalized spacial score (nSPS) is 19.8. The van der Waals surface area contributed by atoms with Crippen LogP contribution in [-0.4, -0.2) is 30.2 Å². The smallest absolute Gasteiger partial charge is 0.128 e. The second kappa shape index (κ2) is 7.74. The van der Waals surface area contributed by atoms with Crippen molar-refractivity contribution in [1.29, 1.82) is 0 Å². The molecule has 0 bridgehead atoms. The Bertz CT molecular complexity index is 1100. The molecule has 2 N–H and O–H groups in total. The van der Waals surface area contributed by atoms with E-state index in [0.717, 1.165) is 59.1 Å². The number of methoxy groups -OCH3 is 1. The first kappa shape index (κ1) is 19.1. The minimum Gasteiger partial charge on any atom is -0.488 e. The van der Waals surface area contributed by atoms with Crippen molar-refractivity contribution in [3.05, 3.63) is 66.1 Å². The fraction of sp³-hybridized carbons (Fsp3) is 0.320. The number of nitrogens with zero attached hydrogens (tertiary/aromatic N) is 1. The molecular weight excluding hydrogens is 374 g/mol. The summed E-state index contributed by atoms with van der Waals surface area (Å²) in [5.74, 6) is 2.47. The van der Waals surface area contributed by atoms with Crippen LogP contribution in [0.15, 0.2) is 49.2 Å². The highest BCUT2D eigenvalue weighted by atomic mass is 16.5. The largest absolute Gasteiger partial charge is 0.488 e. The van der Waals surface area contributed by atoms with Crippen LogP contribution in [0, 0.1) is 5.92 Å². The average Bonchev–Trinajstić information content (AvgIpc) is 3.43. The molecule has 1 aromatic heterocycles. The number of aromatic nitrogens is 2. The van der Waals surface area contributed by atoms with E-state index in [4.69, 9.17) is 9.47 Å². The maximum atomic E-state index is 6.06. The first-order valence-electron chi connectivity index (χ1n) is 10.5. The zero-order valence-corrected chi connectivity index (χ0v) is 17.5.